The molecule has 1 amide bonds. The van der Waals surface area contributed by atoms with E-state index in [2.05, 4.69) is 26.1 Å². The number of nitrogens with one attached hydrogen (secondary N) is 1. The predicted molar refractivity (Wildman–Crippen MR) is 90.5 cm³/mol. The first-order valence-electron chi connectivity index (χ1n) is 7.10. The Balaban J connectivity index is 3.09. The lowest BCUT2D eigenvalue weighted by atomic mass is 9.81. The van der Waals surface area contributed by atoms with Gasteiger partial charge in [-0.05, 0) is 44.1 Å². The second kappa shape index (κ2) is 6.69. The summed E-state index contributed by atoms with van der Waals surface area (Å²) in [6.07, 6.45) is 2.63. The molecular formula is C16H24N2O3S. The molecule has 1 aromatic carbocycles. The summed E-state index contributed by atoms with van der Waals surface area (Å²) in [5, 5.41) is 14.1. The third kappa shape index (κ3) is 5.33. The van der Waals surface area contributed by atoms with Gasteiger partial charge < -0.3 is 5.32 Å². The van der Waals surface area contributed by atoms with Gasteiger partial charge in [-0.25, -0.2) is 0 Å². The van der Waals surface area contributed by atoms with Crippen molar-refractivity contribution in [3.8, 4) is 0 Å². The van der Waals surface area contributed by atoms with Crippen molar-refractivity contribution in [3.05, 3.63) is 33.9 Å². The molecule has 0 unspecified atom stereocenters. The lowest BCUT2D eigenvalue weighted by Crippen LogP contribution is -2.46. The number of nitrogens with zero attached hydrogens (tertiary/aromatic N) is 1. The maximum atomic E-state index is 12.5. The van der Waals surface area contributed by atoms with Crippen LogP contribution in [0.5, 0.6) is 0 Å². The molecule has 5 nitrogen and oxygen atoms in total. The number of amides is 1. The fourth-order valence-corrected chi connectivity index (χ4v) is 3.17. The maximum Gasteiger partial charge on any atom is 0.282 e. The van der Waals surface area contributed by atoms with E-state index in [-0.39, 0.29) is 16.7 Å². The highest BCUT2D eigenvalue weighted by Crippen LogP contribution is 2.29. The molecule has 122 valence electrons. The third-order valence-electron chi connectivity index (χ3n) is 3.07. The van der Waals surface area contributed by atoms with Crippen molar-refractivity contribution in [2.24, 2.45) is 5.41 Å². The van der Waals surface area contributed by atoms with Gasteiger partial charge in [0.25, 0.3) is 11.6 Å². The van der Waals surface area contributed by atoms with Gasteiger partial charge in [-0.3, -0.25) is 14.9 Å². The van der Waals surface area contributed by atoms with Gasteiger partial charge in [-0.15, -0.1) is 11.8 Å². The van der Waals surface area contributed by atoms with Gasteiger partial charge in [0.1, 0.15) is 5.56 Å². The number of thioether (sulfide) groups is 1. The lowest BCUT2D eigenvalue weighted by Gasteiger charge is -2.33. The molecule has 0 aliphatic carbocycles. The normalized spacial score (nSPS) is 12.1. The highest BCUT2D eigenvalue weighted by atomic mass is 32.2. The Labute approximate surface area is 136 Å². The maximum absolute atomic E-state index is 12.5. The zero-order chi connectivity index (χ0) is 17.1. The zero-order valence-electron chi connectivity index (χ0n) is 14.0. The van der Waals surface area contributed by atoms with Gasteiger partial charge in [0, 0.05) is 16.5 Å². The van der Waals surface area contributed by atoms with Crippen molar-refractivity contribution < 1.29 is 9.72 Å². The number of carbonyl (C=O) groups excluding carboxylic acids is 1. The number of benzene rings is 1. The van der Waals surface area contributed by atoms with Crippen LogP contribution < -0.4 is 5.32 Å². The SMILES string of the molecule is CSc1ccc([N+](=O)[O-])c(C(=O)NC(C)(C)CC(C)(C)C)c1. The zero-order valence-corrected chi connectivity index (χ0v) is 14.8. The van der Waals surface area contributed by atoms with E-state index in [1.165, 1.54) is 17.8 Å². The molecule has 1 N–H and O–H groups in total. The first kappa shape index (κ1) is 18.5. The van der Waals surface area contributed by atoms with Crippen LogP contribution in [0.25, 0.3) is 0 Å². The smallest absolute Gasteiger partial charge is 0.282 e. The van der Waals surface area contributed by atoms with Gasteiger partial charge >= 0.3 is 0 Å². The molecule has 1 aromatic rings. The van der Waals surface area contributed by atoms with Crippen LogP contribution in [0.1, 0.15) is 51.4 Å². The molecule has 0 bridgehead atoms. The molecule has 0 aliphatic rings. The number of hydrogen-bond acceptors (Lipinski definition) is 4. The Morgan fingerprint density at radius 2 is 1.86 bits per heavy atom. The van der Waals surface area contributed by atoms with Crippen LogP contribution >= 0.6 is 11.8 Å². The Morgan fingerprint density at radius 1 is 1.27 bits per heavy atom. The topological polar surface area (TPSA) is 72.2 Å². The first-order chi connectivity index (χ1) is 9.95. The van der Waals surface area contributed by atoms with Crippen LogP contribution in [0.15, 0.2) is 23.1 Å². The average molecular weight is 324 g/mol. The summed E-state index contributed by atoms with van der Waals surface area (Å²) in [4.78, 5) is 24.0. The van der Waals surface area contributed by atoms with Crippen molar-refractivity contribution in [2.75, 3.05) is 6.26 Å². The summed E-state index contributed by atoms with van der Waals surface area (Å²) < 4.78 is 0. The van der Waals surface area contributed by atoms with Gasteiger partial charge in [0.05, 0.1) is 4.92 Å². The quantitative estimate of drug-likeness (QED) is 0.499. The van der Waals surface area contributed by atoms with Crippen LogP contribution in [0.2, 0.25) is 0 Å². The monoisotopic (exact) mass is 324 g/mol. The minimum absolute atomic E-state index is 0.0455. The minimum Gasteiger partial charge on any atom is -0.347 e. The fraction of sp³-hybridized carbons (Fsp3) is 0.562. The van der Waals surface area contributed by atoms with Crippen LogP contribution in [0.4, 0.5) is 5.69 Å². The van der Waals surface area contributed by atoms with E-state index >= 15 is 0 Å². The van der Waals surface area contributed by atoms with Gasteiger partial charge in [0.15, 0.2) is 0 Å². The molecule has 0 saturated carbocycles. The second-order valence-electron chi connectivity index (χ2n) is 7.22. The van der Waals surface area contributed by atoms with Gasteiger partial charge in [-0.1, -0.05) is 20.8 Å². The van der Waals surface area contributed by atoms with Crippen molar-refractivity contribution in [1.82, 2.24) is 5.32 Å². The van der Waals surface area contributed by atoms with Crippen LogP contribution in [-0.4, -0.2) is 22.6 Å². The molecule has 0 heterocycles. The number of hydrogen-bond donors (Lipinski definition) is 1. The van der Waals surface area contributed by atoms with E-state index in [4.69, 9.17) is 0 Å². The van der Waals surface area contributed by atoms with Crippen molar-refractivity contribution in [3.63, 3.8) is 0 Å². The Bertz CT molecular complexity index is 577. The van der Waals surface area contributed by atoms with Gasteiger partial charge in [-0.2, -0.15) is 0 Å². The molecule has 0 aliphatic heterocycles. The molecule has 0 aromatic heterocycles. The van der Waals surface area contributed by atoms with Crippen molar-refractivity contribution >= 4 is 23.4 Å². The third-order valence-corrected chi connectivity index (χ3v) is 3.79. The molecular weight excluding hydrogens is 300 g/mol. The molecule has 0 saturated heterocycles. The molecule has 0 fully saturated rings. The van der Waals surface area contributed by atoms with E-state index in [0.717, 1.165) is 11.3 Å². The Hall–Kier alpha value is -1.56. The highest BCUT2D eigenvalue weighted by Gasteiger charge is 2.29. The summed E-state index contributed by atoms with van der Waals surface area (Å²) in [5.41, 5.74) is -0.455. The van der Waals surface area contributed by atoms with E-state index in [0.29, 0.717) is 0 Å². The second-order valence-corrected chi connectivity index (χ2v) is 8.10. The van der Waals surface area contributed by atoms with Crippen molar-refractivity contribution in [1.29, 1.82) is 0 Å². The predicted octanol–water partition coefficient (Wildman–Crippen LogP) is 4.26. The summed E-state index contributed by atoms with van der Waals surface area (Å²) in [5.74, 6) is -0.406. The van der Waals surface area contributed by atoms with Crippen LogP contribution in [0.3, 0.4) is 0 Å². The standard InChI is InChI=1S/C16H24N2O3S/c1-15(2,3)10-16(4,5)17-14(19)12-9-11(22-6)7-8-13(12)18(20)21/h7-9H,10H2,1-6H3,(H,17,19). The summed E-state index contributed by atoms with van der Waals surface area (Å²) >= 11 is 1.45. The van der Waals surface area contributed by atoms with E-state index in [1.807, 2.05) is 20.1 Å². The number of carbonyl (C=O) groups is 1. The fourth-order valence-electron chi connectivity index (χ4n) is 2.73. The summed E-state index contributed by atoms with van der Waals surface area (Å²) in [6.45, 7) is 10.1. The van der Waals surface area contributed by atoms with Crippen LogP contribution in [-0.2, 0) is 0 Å². The Kier molecular flexibility index (Phi) is 5.62. The molecule has 6 heteroatoms. The average Bonchev–Trinajstić information content (AvgIpc) is 2.34. The Morgan fingerprint density at radius 3 is 2.32 bits per heavy atom. The molecule has 0 radical (unpaired) electrons. The minimum atomic E-state index is -0.518. The summed E-state index contributed by atoms with van der Waals surface area (Å²) in [6, 6.07) is 4.61. The summed E-state index contributed by atoms with van der Waals surface area (Å²) in [7, 11) is 0. The van der Waals surface area contributed by atoms with E-state index < -0.39 is 16.4 Å². The molecule has 0 atom stereocenters. The van der Waals surface area contributed by atoms with E-state index in [9.17, 15) is 14.9 Å². The molecule has 22 heavy (non-hydrogen) atoms. The van der Waals surface area contributed by atoms with Crippen LogP contribution in [0, 0.1) is 15.5 Å². The van der Waals surface area contributed by atoms with E-state index in [1.54, 1.807) is 12.1 Å². The number of rotatable bonds is 5. The molecule has 0 spiro atoms. The number of nitro groups is 1. The highest BCUT2D eigenvalue weighted by molar-refractivity contribution is 7.98. The lowest BCUT2D eigenvalue weighted by molar-refractivity contribution is -0.385. The van der Waals surface area contributed by atoms with Crippen molar-refractivity contribution in [2.45, 2.75) is 51.5 Å². The largest absolute Gasteiger partial charge is 0.347 e. The van der Waals surface area contributed by atoms with Gasteiger partial charge in [0.2, 0.25) is 0 Å². The number of nitro benzene ring substituents is 1. The first-order valence-corrected chi connectivity index (χ1v) is 8.33. The molecule has 1 rings (SSSR count).